The number of non-ortho nitro benzene ring substituents is 1. The third kappa shape index (κ3) is 1.75. The summed E-state index contributed by atoms with van der Waals surface area (Å²) in [5, 5.41) is 10.9. The van der Waals surface area contributed by atoms with E-state index in [1.807, 2.05) is 13.8 Å². The number of nitro benzene ring substituents is 1. The first-order chi connectivity index (χ1) is 9.00. The van der Waals surface area contributed by atoms with Crippen LogP contribution in [0, 0.1) is 10.1 Å². The van der Waals surface area contributed by atoms with Crippen molar-refractivity contribution in [2.24, 2.45) is 0 Å². The highest BCUT2D eigenvalue weighted by atomic mass is 16.6. The van der Waals surface area contributed by atoms with Crippen LogP contribution in [-0.2, 0) is 0 Å². The maximum atomic E-state index is 12.4. The Morgan fingerprint density at radius 3 is 2.53 bits per heavy atom. The predicted molar refractivity (Wildman–Crippen MR) is 71.5 cm³/mol. The average molecular weight is 261 g/mol. The number of imidazole rings is 1. The molecule has 0 amide bonds. The minimum atomic E-state index is -0.428. The van der Waals surface area contributed by atoms with E-state index in [4.69, 9.17) is 0 Å². The Balaban J connectivity index is 2.36. The molecule has 3 rings (SSSR count). The fourth-order valence-electron chi connectivity index (χ4n) is 2.53. The molecule has 19 heavy (non-hydrogen) atoms. The van der Waals surface area contributed by atoms with Crippen LogP contribution >= 0.6 is 0 Å². The van der Waals surface area contributed by atoms with Gasteiger partial charge in [-0.3, -0.25) is 19.2 Å². The molecule has 1 saturated carbocycles. The van der Waals surface area contributed by atoms with Crippen LogP contribution in [0.3, 0.4) is 0 Å². The van der Waals surface area contributed by atoms with Crippen molar-refractivity contribution in [1.29, 1.82) is 0 Å². The number of hydrogen-bond acceptors (Lipinski definition) is 3. The molecular weight excluding hydrogens is 246 g/mol. The molecule has 1 heterocycles. The Bertz CT molecular complexity index is 723. The van der Waals surface area contributed by atoms with Gasteiger partial charge in [-0.2, -0.15) is 0 Å². The number of aromatic nitrogens is 2. The third-order valence-electron chi connectivity index (χ3n) is 3.53. The molecule has 0 spiro atoms. The van der Waals surface area contributed by atoms with Gasteiger partial charge in [0, 0.05) is 24.2 Å². The van der Waals surface area contributed by atoms with Gasteiger partial charge in [-0.05, 0) is 32.8 Å². The average Bonchev–Trinajstić information content (AvgIpc) is 3.11. The molecule has 1 aliphatic rings. The minimum Gasteiger partial charge on any atom is -0.289 e. The first-order valence-corrected chi connectivity index (χ1v) is 6.41. The van der Waals surface area contributed by atoms with Crippen molar-refractivity contribution in [3.63, 3.8) is 0 Å². The molecule has 6 nitrogen and oxygen atoms in total. The normalized spacial score (nSPS) is 15.3. The molecule has 0 unspecified atom stereocenters. The molecule has 1 aliphatic carbocycles. The summed E-state index contributed by atoms with van der Waals surface area (Å²) in [7, 11) is 0. The summed E-state index contributed by atoms with van der Waals surface area (Å²) in [5.41, 5.74) is 1.41. The zero-order valence-electron chi connectivity index (χ0n) is 10.9. The van der Waals surface area contributed by atoms with Gasteiger partial charge in [0.15, 0.2) is 0 Å². The maximum absolute atomic E-state index is 12.4. The molecule has 1 fully saturated rings. The number of rotatable bonds is 3. The zero-order chi connectivity index (χ0) is 13.7. The summed E-state index contributed by atoms with van der Waals surface area (Å²) in [5.74, 6) is 0. The summed E-state index contributed by atoms with van der Waals surface area (Å²) in [4.78, 5) is 22.9. The zero-order valence-corrected chi connectivity index (χ0v) is 10.9. The second kappa shape index (κ2) is 3.94. The highest BCUT2D eigenvalue weighted by Gasteiger charge is 2.29. The Morgan fingerprint density at radius 1 is 1.32 bits per heavy atom. The Kier molecular flexibility index (Phi) is 2.48. The van der Waals surface area contributed by atoms with Gasteiger partial charge >= 0.3 is 5.69 Å². The van der Waals surface area contributed by atoms with Gasteiger partial charge in [-0.25, -0.2) is 4.79 Å². The van der Waals surface area contributed by atoms with Crippen molar-refractivity contribution in [3.05, 3.63) is 38.8 Å². The number of nitrogens with zero attached hydrogens (tertiary/aromatic N) is 3. The summed E-state index contributed by atoms with van der Waals surface area (Å²) < 4.78 is 3.42. The lowest BCUT2D eigenvalue weighted by atomic mass is 10.2. The van der Waals surface area contributed by atoms with E-state index in [-0.39, 0.29) is 23.5 Å². The second-order valence-corrected chi connectivity index (χ2v) is 5.28. The van der Waals surface area contributed by atoms with E-state index in [1.54, 1.807) is 15.2 Å². The van der Waals surface area contributed by atoms with Crippen LogP contribution in [-0.4, -0.2) is 14.1 Å². The van der Waals surface area contributed by atoms with Crippen molar-refractivity contribution in [2.45, 2.75) is 38.8 Å². The smallest absolute Gasteiger partial charge is 0.289 e. The lowest BCUT2D eigenvalue weighted by Gasteiger charge is -2.06. The van der Waals surface area contributed by atoms with Gasteiger partial charge in [0.25, 0.3) is 5.69 Å². The van der Waals surface area contributed by atoms with Crippen molar-refractivity contribution >= 4 is 16.7 Å². The van der Waals surface area contributed by atoms with Crippen LogP contribution in [0.1, 0.15) is 38.8 Å². The molecule has 6 heteroatoms. The molecular formula is C13H15N3O3. The molecule has 0 saturated heterocycles. The van der Waals surface area contributed by atoms with Crippen LogP contribution in [0.5, 0.6) is 0 Å². The van der Waals surface area contributed by atoms with Gasteiger partial charge in [0.2, 0.25) is 0 Å². The van der Waals surface area contributed by atoms with Crippen molar-refractivity contribution in [3.8, 4) is 0 Å². The van der Waals surface area contributed by atoms with E-state index in [9.17, 15) is 14.9 Å². The second-order valence-electron chi connectivity index (χ2n) is 5.28. The molecule has 1 aromatic heterocycles. The standard InChI is InChI=1S/C13H15N3O3/c1-8(2)14-12-7-10(16(18)19)5-6-11(12)15(13(14)17)9-3-4-9/h5-9H,3-4H2,1-2H3. The van der Waals surface area contributed by atoms with Gasteiger partial charge in [-0.15, -0.1) is 0 Å². The molecule has 0 N–H and O–H groups in total. The van der Waals surface area contributed by atoms with E-state index in [2.05, 4.69) is 0 Å². The Labute approximate surface area is 109 Å². The van der Waals surface area contributed by atoms with Crippen molar-refractivity contribution in [1.82, 2.24) is 9.13 Å². The van der Waals surface area contributed by atoms with E-state index < -0.39 is 4.92 Å². The lowest BCUT2D eigenvalue weighted by molar-refractivity contribution is -0.384. The Morgan fingerprint density at radius 2 is 2.00 bits per heavy atom. The van der Waals surface area contributed by atoms with Gasteiger partial charge in [-0.1, -0.05) is 0 Å². The van der Waals surface area contributed by atoms with Gasteiger partial charge in [0.1, 0.15) is 0 Å². The molecule has 0 radical (unpaired) electrons. The summed E-state index contributed by atoms with van der Waals surface area (Å²) in [6.07, 6.45) is 2.02. The van der Waals surface area contributed by atoms with E-state index >= 15 is 0 Å². The topological polar surface area (TPSA) is 70.1 Å². The molecule has 2 aromatic rings. The number of fused-ring (bicyclic) bond motifs is 1. The Hall–Kier alpha value is -2.11. The predicted octanol–water partition coefficient (Wildman–Crippen LogP) is 2.63. The van der Waals surface area contributed by atoms with Crippen LogP contribution in [0.15, 0.2) is 23.0 Å². The molecule has 0 atom stereocenters. The summed E-state index contributed by atoms with van der Waals surface area (Å²) in [6, 6.07) is 4.89. The van der Waals surface area contributed by atoms with Crippen molar-refractivity contribution in [2.75, 3.05) is 0 Å². The quantitative estimate of drug-likeness (QED) is 0.630. The van der Waals surface area contributed by atoms with Crippen LogP contribution in [0.2, 0.25) is 0 Å². The fourth-order valence-corrected chi connectivity index (χ4v) is 2.53. The minimum absolute atomic E-state index is 0.0167. The molecule has 1 aromatic carbocycles. The highest BCUT2D eigenvalue weighted by molar-refractivity contribution is 5.79. The van der Waals surface area contributed by atoms with Crippen LogP contribution < -0.4 is 5.69 Å². The van der Waals surface area contributed by atoms with Crippen molar-refractivity contribution < 1.29 is 4.92 Å². The SMILES string of the molecule is CC(C)n1c(=O)n(C2CC2)c2ccc([N+](=O)[O-])cc21. The fraction of sp³-hybridized carbons (Fsp3) is 0.462. The highest BCUT2D eigenvalue weighted by Crippen LogP contribution is 2.37. The largest absolute Gasteiger partial charge is 0.329 e. The first kappa shape index (κ1) is 12.0. The van der Waals surface area contributed by atoms with Crippen LogP contribution in [0.4, 0.5) is 5.69 Å². The monoisotopic (exact) mass is 261 g/mol. The molecule has 0 aliphatic heterocycles. The lowest BCUT2D eigenvalue weighted by Crippen LogP contribution is -2.24. The van der Waals surface area contributed by atoms with E-state index in [1.165, 1.54) is 12.1 Å². The van der Waals surface area contributed by atoms with E-state index in [0.717, 1.165) is 18.4 Å². The number of nitro groups is 1. The van der Waals surface area contributed by atoms with Gasteiger partial charge in [0.05, 0.1) is 16.0 Å². The van der Waals surface area contributed by atoms with Crippen LogP contribution in [0.25, 0.3) is 11.0 Å². The summed E-state index contributed by atoms with van der Waals surface area (Å²) in [6.45, 7) is 3.83. The first-order valence-electron chi connectivity index (χ1n) is 6.41. The summed E-state index contributed by atoms with van der Waals surface area (Å²) >= 11 is 0. The van der Waals surface area contributed by atoms with Gasteiger partial charge < -0.3 is 0 Å². The molecule has 100 valence electrons. The molecule has 0 bridgehead atoms. The number of hydrogen-bond donors (Lipinski definition) is 0. The maximum Gasteiger partial charge on any atom is 0.329 e. The van der Waals surface area contributed by atoms with E-state index in [0.29, 0.717) is 5.52 Å². The third-order valence-corrected chi connectivity index (χ3v) is 3.53. The number of benzene rings is 1.